The van der Waals surface area contributed by atoms with E-state index in [1.807, 2.05) is 0 Å². The smallest absolute Gasteiger partial charge is 0.416 e. The number of benzene rings is 1. The molecule has 1 rings (SSSR count). The predicted molar refractivity (Wildman–Crippen MR) is 65.7 cm³/mol. The van der Waals surface area contributed by atoms with Crippen molar-refractivity contribution < 1.29 is 17.9 Å². The fourth-order valence-electron chi connectivity index (χ4n) is 1.59. The molecule has 0 bridgehead atoms. The number of hydrogen-bond donors (Lipinski definition) is 0. The van der Waals surface area contributed by atoms with Crippen LogP contribution in [0.4, 0.5) is 13.2 Å². The van der Waals surface area contributed by atoms with Crippen molar-refractivity contribution in [1.82, 2.24) is 0 Å². The molecule has 1 aromatic carbocycles. The Labute approximate surface area is 110 Å². The zero-order valence-electron chi connectivity index (χ0n) is 10.9. The van der Waals surface area contributed by atoms with Crippen LogP contribution in [0, 0.1) is 17.2 Å². The van der Waals surface area contributed by atoms with Gasteiger partial charge in [-0.05, 0) is 37.0 Å². The average molecular weight is 271 g/mol. The highest BCUT2D eigenvalue weighted by molar-refractivity contribution is 5.46. The molecule has 0 spiro atoms. The summed E-state index contributed by atoms with van der Waals surface area (Å²) >= 11 is 0. The second kappa shape index (κ2) is 6.46. The Kier molecular flexibility index (Phi) is 5.22. The Morgan fingerprint density at radius 3 is 2.53 bits per heavy atom. The number of rotatable bonds is 5. The van der Waals surface area contributed by atoms with Crippen molar-refractivity contribution in [3.63, 3.8) is 0 Å². The topological polar surface area (TPSA) is 33.0 Å². The van der Waals surface area contributed by atoms with Gasteiger partial charge < -0.3 is 4.74 Å². The number of alkyl halides is 3. The molecule has 0 saturated heterocycles. The first-order chi connectivity index (χ1) is 8.84. The van der Waals surface area contributed by atoms with E-state index < -0.39 is 11.7 Å². The summed E-state index contributed by atoms with van der Waals surface area (Å²) in [5.74, 6) is 0.755. The lowest BCUT2D eigenvalue weighted by atomic mass is 10.1. The molecule has 0 aliphatic rings. The van der Waals surface area contributed by atoms with Crippen molar-refractivity contribution >= 4 is 0 Å². The van der Waals surface area contributed by atoms with Crippen LogP contribution in [0.25, 0.3) is 0 Å². The molecule has 0 atom stereocenters. The molecular formula is C14H16F3NO. The molecule has 0 aromatic heterocycles. The lowest BCUT2D eigenvalue weighted by Gasteiger charge is -2.11. The molecule has 0 fully saturated rings. The van der Waals surface area contributed by atoms with Crippen LogP contribution in [0.2, 0.25) is 0 Å². The molecule has 1 aromatic rings. The van der Waals surface area contributed by atoms with E-state index in [-0.39, 0.29) is 11.3 Å². The third-order valence-corrected chi connectivity index (χ3v) is 2.61. The quantitative estimate of drug-likeness (QED) is 0.744. The first-order valence-electron chi connectivity index (χ1n) is 6.08. The van der Waals surface area contributed by atoms with E-state index in [0.29, 0.717) is 12.5 Å². The molecule has 0 aliphatic heterocycles. The maximum Gasteiger partial charge on any atom is 0.416 e. The third kappa shape index (κ3) is 4.82. The minimum atomic E-state index is -4.44. The van der Waals surface area contributed by atoms with E-state index in [2.05, 4.69) is 13.8 Å². The van der Waals surface area contributed by atoms with Crippen LogP contribution < -0.4 is 4.74 Å². The number of hydrogen-bond acceptors (Lipinski definition) is 2. The highest BCUT2D eigenvalue weighted by atomic mass is 19.4. The molecule has 2 nitrogen and oxygen atoms in total. The minimum absolute atomic E-state index is 0.0839. The largest absolute Gasteiger partial charge is 0.492 e. The van der Waals surface area contributed by atoms with Gasteiger partial charge in [-0.2, -0.15) is 18.4 Å². The minimum Gasteiger partial charge on any atom is -0.492 e. The SMILES string of the molecule is CC(C)CCCOc1ccc(C(F)(F)F)cc1C#N. The summed E-state index contributed by atoms with van der Waals surface area (Å²) in [4.78, 5) is 0. The van der Waals surface area contributed by atoms with E-state index in [0.717, 1.165) is 25.0 Å². The van der Waals surface area contributed by atoms with Crippen molar-refractivity contribution in [2.45, 2.75) is 32.9 Å². The lowest BCUT2D eigenvalue weighted by molar-refractivity contribution is -0.137. The molecule has 0 N–H and O–H groups in total. The van der Waals surface area contributed by atoms with Gasteiger partial charge in [-0.15, -0.1) is 0 Å². The fourth-order valence-corrected chi connectivity index (χ4v) is 1.59. The molecule has 104 valence electrons. The molecule has 19 heavy (non-hydrogen) atoms. The lowest BCUT2D eigenvalue weighted by Crippen LogP contribution is -2.06. The maximum absolute atomic E-state index is 12.5. The molecular weight excluding hydrogens is 255 g/mol. The first kappa shape index (κ1) is 15.4. The summed E-state index contributed by atoms with van der Waals surface area (Å²) in [6.45, 7) is 4.57. The van der Waals surface area contributed by atoms with Gasteiger partial charge in [0.25, 0.3) is 0 Å². The highest BCUT2D eigenvalue weighted by Crippen LogP contribution is 2.32. The van der Waals surface area contributed by atoms with Crippen LogP contribution in [0.1, 0.15) is 37.8 Å². The van der Waals surface area contributed by atoms with Crippen LogP contribution in [-0.4, -0.2) is 6.61 Å². The van der Waals surface area contributed by atoms with Gasteiger partial charge in [-0.1, -0.05) is 13.8 Å². The molecule has 5 heteroatoms. The van der Waals surface area contributed by atoms with Gasteiger partial charge in [0.2, 0.25) is 0 Å². The Hall–Kier alpha value is -1.70. The van der Waals surface area contributed by atoms with E-state index in [9.17, 15) is 13.2 Å². The van der Waals surface area contributed by atoms with E-state index in [1.165, 1.54) is 6.07 Å². The summed E-state index contributed by atoms with van der Waals surface area (Å²) in [7, 11) is 0. The molecule has 0 unspecified atom stereocenters. The number of halogens is 3. The maximum atomic E-state index is 12.5. The van der Waals surface area contributed by atoms with Crippen molar-refractivity contribution in [2.75, 3.05) is 6.61 Å². The van der Waals surface area contributed by atoms with Crippen molar-refractivity contribution in [3.8, 4) is 11.8 Å². The second-order valence-corrected chi connectivity index (χ2v) is 4.71. The van der Waals surface area contributed by atoms with E-state index in [1.54, 1.807) is 6.07 Å². The van der Waals surface area contributed by atoms with Crippen LogP contribution in [0.15, 0.2) is 18.2 Å². The van der Waals surface area contributed by atoms with Gasteiger partial charge >= 0.3 is 6.18 Å². The number of nitriles is 1. The molecule has 0 saturated carbocycles. The van der Waals surface area contributed by atoms with E-state index in [4.69, 9.17) is 10.00 Å². The van der Waals surface area contributed by atoms with Gasteiger partial charge in [0.1, 0.15) is 11.8 Å². The van der Waals surface area contributed by atoms with E-state index >= 15 is 0 Å². The van der Waals surface area contributed by atoms with Crippen molar-refractivity contribution in [2.24, 2.45) is 5.92 Å². The fraction of sp³-hybridized carbons (Fsp3) is 0.500. The Morgan fingerprint density at radius 1 is 1.32 bits per heavy atom. The van der Waals surface area contributed by atoms with Gasteiger partial charge in [0, 0.05) is 0 Å². The average Bonchev–Trinajstić information content (AvgIpc) is 2.33. The van der Waals surface area contributed by atoms with Crippen LogP contribution in [-0.2, 0) is 6.18 Å². The molecule has 0 aliphatic carbocycles. The monoisotopic (exact) mass is 271 g/mol. The molecule has 0 radical (unpaired) electrons. The number of nitrogens with zero attached hydrogens (tertiary/aromatic N) is 1. The van der Waals surface area contributed by atoms with Gasteiger partial charge in [0.05, 0.1) is 17.7 Å². The molecule has 0 amide bonds. The summed E-state index contributed by atoms with van der Waals surface area (Å²) in [6.07, 6.45) is -2.66. The highest BCUT2D eigenvalue weighted by Gasteiger charge is 2.31. The van der Waals surface area contributed by atoms with Crippen molar-refractivity contribution in [1.29, 1.82) is 5.26 Å². The van der Waals surface area contributed by atoms with Crippen LogP contribution in [0.5, 0.6) is 5.75 Å². The zero-order chi connectivity index (χ0) is 14.5. The summed E-state index contributed by atoms with van der Waals surface area (Å²) in [6, 6.07) is 4.68. The Morgan fingerprint density at radius 2 is 2.00 bits per heavy atom. The molecule has 0 heterocycles. The Bertz CT molecular complexity index is 461. The predicted octanol–water partition coefficient (Wildman–Crippen LogP) is 4.39. The first-order valence-corrected chi connectivity index (χ1v) is 6.08. The number of ether oxygens (including phenoxy) is 1. The van der Waals surface area contributed by atoms with Crippen molar-refractivity contribution in [3.05, 3.63) is 29.3 Å². The summed E-state index contributed by atoms with van der Waals surface area (Å²) in [5.41, 5.74) is -0.919. The zero-order valence-corrected chi connectivity index (χ0v) is 10.9. The second-order valence-electron chi connectivity index (χ2n) is 4.71. The third-order valence-electron chi connectivity index (χ3n) is 2.61. The normalized spacial score (nSPS) is 11.4. The Balaban J connectivity index is 2.72. The summed E-state index contributed by atoms with van der Waals surface area (Å²) in [5, 5.41) is 8.86. The standard InChI is InChI=1S/C14H16F3NO/c1-10(2)4-3-7-19-13-6-5-12(14(15,16)17)8-11(13)9-18/h5-6,8,10H,3-4,7H2,1-2H3. The summed E-state index contributed by atoms with van der Waals surface area (Å²) < 4.78 is 42.8. The van der Waals surface area contributed by atoms with Gasteiger partial charge in [-0.25, -0.2) is 0 Å². The van der Waals surface area contributed by atoms with Gasteiger partial charge in [-0.3, -0.25) is 0 Å². The van der Waals surface area contributed by atoms with Crippen LogP contribution >= 0.6 is 0 Å². The van der Waals surface area contributed by atoms with Gasteiger partial charge in [0.15, 0.2) is 0 Å². The van der Waals surface area contributed by atoms with Crippen LogP contribution in [0.3, 0.4) is 0 Å².